The number of hydrogen-bond donors (Lipinski definition) is 2. The second kappa shape index (κ2) is 7.38. The molecule has 1 heterocycles. The Labute approximate surface area is 123 Å². The highest BCUT2D eigenvalue weighted by molar-refractivity contribution is 5.78. The first-order chi connectivity index (χ1) is 9.30. The maximum absolute atomic E-state index is 11.6. The molecule has 3 unspecified atom stereocenters. The van der Waals surface area contributed by atoms with Crippen LogP contribution in [0.5, 0.6) is 0 Å². The fourth-order valence-electron chi connectivity index (χ4n) is 2.95. The zero-order valence-corrected chi connectivity index (χ0v) is 13.6. The number of nitrogens with one attached hydrogen (secondary N) is 1. The summed E-state index contributed by atoms with van der Waals surface area (Å²) in [4.78, 5) is 16.2. The zero-order valence-electron chi connectivity index (χ0n) is 13.6. The minimum atomic E-state index is -0.828. The van der Waals surface area contributed by atoms with Crippen LogP contribution in [-0.2, 0) is 4.79 Å². The summed E-state index contributed by atoms with van der Waals surface area (Å²) in [5, 5.41) is 12.7. The molecule has 118 valence electrons. The van der Waals surface area contributed by atoms with Crippen molar-refractivity contribution in [1.82, 2.24) is 15.1 Å². The predicted octanol–water partition coefficient (Wildman–Crippen LogP) is 1.24. The number of hydrogen-bond acceptors (Lipinski definition) is 4. The summed E-state index contributed by atoms with van der Waals surface area (Å²) in [5.74, 6) is -0.749. The lowest BCUT2D eigenvalue weighted by Crippen LogP contribution is -2.53. The minimum absolute atomic E-state index is 0.283. The van der Waals surface area contributed by atoms with Gasteiger partial charge in [-0.15, -0.1) is 0 Å². The topological polar surface area (TPSA) is 55.8 Å². The number of nitrogens with zero attached hydrogens (tertiary/aromatic N) is 2. The Balaban J connectivity index is 2.58. The van der Waals surface area contributed by atoms with E-state index in [4.69, 9.17) is 0 Å². The molecule has 0 amide bonds. The van der Waals surface area contributed by atoms with Crippen molar-refractivity contribution in [2.75, 3.05) is 33.7 Å². The van der Waals surface area contributed by atoms with E-state index in [1.807, 2.05) is 0 Å². The van der Waals surface area contributed by atoms with Crippen LogP contribution in [0.3, 0.4) is 0 Å². The lowest BCUT2D eigenvalue weighted by atomic mass is 9.93. The van der Waals surface area contributed by atoms with E-state index in [2.05, 4.69) is 43.1 Å². The standard InChI is InChI=1S/C15H31N3O2/c1-6-8-16-15(3,14(19)20)10-12(2)18-9-7-13(11-18)17(4)5/h12-13,16H,6-11H2,1-5H3,(H,19,20). The first-order valence-electron chi connectivity index (χ1n) is 7.69. The highest BCUT2D eigenvalue weighted by Gasteiger charge is 2.37. The van der Waals surface area contributed by atoms with E-state index in [1.165, 1.54) is 6.42 Å². The Morgan fingerprint density at radius 2 is 2.20 bits per heavy atom. The van der Waals surface area contributed by atoms with Crippen molar-refractivity contribution in [2.24, 2.45) is 0 Å². The van der Waals surface area contributed by atoms with Gasteiger partial charge in [0.1, 0.15) is 5.54 Å². The first kappa shape index (κ1) is 17.4. The number of likely N-dealkylation sites (N-methyl/N-ethyl adjacent to an activating group) is 1. The Hall–Kier alpha value is -0.650. The molecular formula is C15H31N3O2. The summed E-state index contributed by atoms with van der Waals surface area (Å²) in [5.41, 5.74) is -0.828. The Morgan fingerprint density at radius 1 is 1.55 bits per heavy atom. The second-order valence-corrected chi connectivity index (χ2v) is 6.52. The van der Waals surface area contributed by atoms with Gasteiger partial charge in [-0.25, -0.2) is 0 Å². The van der Waals surface area contributed by atoms with Crippen LogP contribution in [0.15, 0.2) is 0 Å². The van der Waals surface area contributed by atoms with Crippen LogP contribution >= 0.6 is 0 Å². The molecule has 0 radical (unpaired) electrons. The molecule has 1 aliphatic heterocycles. The summed E-state index contributed by atoms with van der Waals surface area (Å²) >= 11 is 0. The Morgan fingerprint density at radius 3 is 2.65 bits per heavy atom. The third-order valence-corrected chi connectivity index (χ3v) is 4.49. The van der Waals surface area contributed by atoms with E-state index < -0.39 is 11.5 Å². The number of likely N-dealkylation sites (tertiary alicyclic amines) is 1. The van der Waals surface area contributed by atoms with Gasteiger partial charge in [-0.3, -0.25) is 9.69 Å². The molecule has 0 aromatic carbocycles. The first-order valence-corrected chi connectivity index (χ1v) is 7.69. The van der Waals surface area contributed by atoms with Crippen molar-refractivity contribution >= 4 is 5.97 Å². The van der Waals surface area contributed by atoms with E-state index >= 15 is 0 Å². The van der Waals surface area contributed by atoms with Gasteiger partial charge in [-0.05, 0) is 53.8 Å². The number of rotatable bonds is 8. The summed E-state index contributed by atoms with van der Waals surface area (Å²) in [6.07, 6.45) is 2.76. The zero-order chi connectivity index (χ0) is 15.3. The molecule has 1 saturated heterocycles. The van der Waals surface area contributed by atoms with Crippen LogP contribution in [0.1, 0.15) is 40.0 Å². The number of carboxylic acid groups (broad SMARTS) is 1. The number of aliphatic carboxylic acids is 1. The molecule has 2 N–H and O–H groups in total. The third kappa shape index (κ3) is 4.43. The fraction of sp³-hybridized carbons (Fsp3) is 0.933. The van der Waals surface area contributed by atoms with Gasteiger partial charge in [-0.2, -0.15) is 0 Å². The number of carbonyl (C=O) groups is 1. The van der Waals surface area contributed by atoms with Crippen molar-refractivity contribution < 1.29 is 9.90 Å². The average Bonchev–Trinajstić information content (AvgIpc) is 2.86. The maximum atomic E-state index is 11.6. The van der Waals surface area contributed by atoms with E-state index in [0.29, 0.717) is 12.5 Å². The van der Waals surface area contributed by atoms with Gasteiger partial charge < -0.3 is 15.3 Å². The molecule has 0 saturated carbocycles. The molecule has 1 aliphatic rings. The molecule has 5 heteroatoms. The smallest absolute Gasteiger partial charge is 0.323 e. The predicted molar refractivity (Wildman–Crippen MR) is 82.1 cm³/mol. The van der Waals surface area contributed by atoms with E-state index in [-0.39, 0.29) is 6.04 Å². The van der Waals surface area contributed by atoms with Crippen molar-refractivity contribution in [2.45, 2.75) is 57.7 Å². The lowest BCUT2D eigenvalue weighted by molar-refractivity contribution is -0.145. The van der Waals surface area contributed by atoms with Crippen molar-refractivity contribution in [3.63, 3.8) is 0 Å². The average molecular weight is 285 g/mol. The Kier molecular flexibility index (Phi) is 6.43. The number of carboxylic acids is 1. The van der Waals surface area contributed by atoms with Crippen molar-refractivity contribution in [3.05, 3.63) is 0 Å². The largest absolute Gasteiger partial charge is 0.480 e. The van der Waals surface area contributed by atoms with Crippen LogP contribution in [0.2, 0.25) is 0 Å². The molecule has 0 aromatic heterocycles. The summed E-state index contributed by atoms with van der Waals surface area (Å²) in [7, 11) is 4.23. The molecule has 1 fully saturated rings. The SMILES string of the molecule is CCCNC(C)(CC(C)N1CCC(N(C)C)C1)C(=O)O. The molecule has 3 atom stereocenters. The van der Waals surface area contributed by atoms with Crippen LogP contribution < -0.4 is 5.32 Å². The highest BCUT2D eigenvalue weighted by Crippen LogP contribution is 2.22. The third-order valence-electron chi connectivity index (χ3n) is 4.49. The maximum Gasteiger partial charge on any atom is 0.323 e. The van der Waals surface area contributed by atoms with Gasteiger partial charge in [-0.1, -0.05) is 6.92 Å². The van der Waals surface area contributed by atoms with Crippen LogP contribution in [0.25, 0.3) is 0 Å². The van der Waals surface area contributed by atoms with Crippen LogP contribution in [-0.4, -0.2) is 72.2 Å². The van der Waals surface area contributed by atoms with Gasteiger partial charge >= 0.3 is 5.97 Å². The summed E-state index contributed by atoms with van der Waals surface area (Å²) < 4.78 is 0. The van der Waals surface area contributed by atoms with Crippen molar-refractivity contribution in [1.29, 1.82) is 0 Å². The van der Waals surface area contributed by atoms with Gasteiger partial charge in [0.2, 0.25) is 0 Å². The molecule has 5 nitrogen and oxygen atoms in total. The molecule has 1 rings (SSSR count). The van der Waals surface area contributed by atoms with Crippen LogP contribution in [0, 0.1) is 0 Å². The van der Waals surface area contributed by atoms with E-state index in [0.717, 1.165) is 26.1 Å². The van der Waals surface area contributed by atoms with E-state index in [1.54, 1.807) is 6.92 Å². The van der Waals surface area contributed by atoms with Crippen molar-refractivity contribution in [3.8, 4) is 0 Å². The quantitative estimate of drug-likeness (QED) is 0.703. The fourth-order valence-corrected chi connectivity index (χ4v) is 2.95. The Bertz CT molecular complexity index is 322. The molecule has 0 bridgehead atoms. The minimum Gasteiger partial charge on any atom is -0.480 e. The molecule has 20 heavy (non-hydrogen) atoms. The van der Waals surface area contributed by atoms with E-state index in [9.17, 15) is 9.90 Å². The second-order valence-electron chi connectivity index (χ2n) is 6.52. The monoisotopic (exact) mass is 285 g/mol. The van der Waals surface area contributed by atoms with Gasteiger partial charge in [0.15, 0.2) is 0 Å². The van der Waals surface area contributed by atoms with Gasteiger partial charge in [0.25, 0.3) is 0 Å². The van der Waals surface area contributed by atoms with Crippen LogP contribution in [0.4, 0.5) is 0 Å². The van der Waals surface area contributed by atoms with Gasteiger partial charge in [0.05, 0.1) is 0 Å². The summed E-state index contributed by atoms with van der Waals surface area (Å²) in [6, 6.07) is 0.877. The molecule has 0 spiro atoms. The highest BCUT2D eigenvalue weighted by atomic mass is 16.4. The molecular weight excluding hydrogens is 254 g/mol. The van der Waals surface area contributed by atoms with Gasteiger partial charge in [0, 0.05) is 25.2 Å². The summed E-state index contributed by atoms with van der Waals surface area (Å²) in [6.45, 7) is 8.86. The lowest BCUT2D eigenvalue weighted by Gasteiger charge is -2.33. The normalized spacial score (nSPS) is 24.8. The molecule has 0 aliphatic carbocycles. The molecule has 0 aromatic rings.